The van der Waals surface area contributed by atoms with Crippen LogP contribution in [0.1, 0.15) is 26.7 Å². The smallest absolute Gasteiger partial charge is 0.220 e. The van der Waals surface area contributed by atoms with E-state index in [0.717, 1.165) is 58.1 Å². The molecule has 4 heteroatoms. The van der Waals surface area contributed by atoms with Crippen molar-refractivity contribution in [2.45, 2.75) is 26.7 Å². The molecule has 0 N–H and O–H groups in total. The van der Waals surface area contributed by atoms with Crippen LogP contribution in [0.2, 0.25) is 0 Å². The van der Waals surface area contributed by atoms with Crippen LogP contribution in [0.3, 0.4) is 0 Å². The minimum atomic E-state index is 0.935. The van der Waals surface area contributed by atoms with Crippen molar-refractivity contribution in [3.63, 3.8) is 0 Å². The zero-order valence-electron chi connectivity index (χ0n) is 10.4. The highest BCUT2D eigenvalue weighted by molar-refractivity contribution is 5.96. The summed E-state index contributed by atoms with van der Waals surface area (Å²) in [7, 11) is 0. The molecule has 0 saturated carbocycles. The lowest BCUT2D eigenvalue weighted by atomic mass is 10.2. The fourth-order valence-corrected chi connectivity index (χ4v) is 2.21. The summed E-state index contributed by atoms with van der Waals surface area (Å²) >= 11 is 0. The minimum absolute atomic E-state index is 0.935. The predicted octanol–water partition coefficient (Wildman–Crippen LogP) is 1.23. The number of hydrogen-bond acceptors (Lipinski definition) is 4. The summed E-state index contributed by atoms with van der Waals surface area (Å²) < 4.78 is 0. The molecule has 0 spiro atoms. The van der Waals surface area contributed by atoms with Crippen molar-refractivity contribution in [2.24, 2.45) is 9.98 Å². The van der Waals surface area contributed by atoms with Gasteiger partial charge in [0.25, 0.3) is 0 Å². The Morgan fingerprint density at radius 1 is 1.19 bits per heavy atom. The molecule has 2 rings (SSSR count). The molecule has 0 aromatic heterocycles. The van der Waals surface area contributed by atoms with Gasteiger partial charge in [0, 0.05) is 38.4 Å². The molecule has 4 nitrogen and oxygen atoms in total. The number of rotatable bonds is 1. The van der Waals surface area contributed by atoms with E-state index in [1.165, 1.54) is 5.71 Å². The van der Waals surface area contributed by atoms with E-state index in [9.17, 15) is 0 Å². The summed E-state index contributed by atoms with van der Waals surface area (Å²) in [6.07, 6.45) is 2.25. The van der Waals surface area contributed by atoms with Gasteiger partial charge in [0.05, 0.1) is 0 Å². The Balaban J connectivity index is 1.97. The molecule has 0 radical (unpaired) electrons. The molecule has 1 saturated heterocycles. The van der Waals surface area contributed by atoms with Crippen molar-refractivity contribution in [1.82, 2.24) is 9.80 Å². The molecule has 2 aliphatic heterocycles. The van der Waals surface area contributed by atoms with E-state index in [2.05, 4.69) is 33.6 Å². The normalized spacial score (nSPS) is 23.8. The zero-order valence-corrected chi connectivity index (χ0v) is 10.4. The lowest BCUT2D eigenvalue weighted by Crippen LogP contribution is -2.48. The molecule has 0 aliphatic carbocycles. The highest BCUT2D eigenvalue weighted by Crippen LogP contribution is 2.08. The van der Waals surface area contributed by atoms with Crippen LogP contribution >= 0.6 is 0 Å². The van der Waals surface area contributed by atoms with Gasteiger partial charge in [-0.1, -0.05) is 6.92 Å². The molecule has 0 amide bonds. The van der Waals surface area contributed by atoms with Crippen molar-refractivity contribution >= 4 is 11.7 Å². The van der Waals surface area contributed by atoms with Crippen LogP contribution in [0.25, 0.3) is 0 Å². The quantitative estimate of drug-likeness (QED) is 0.668. The van der Waals surface area contributed by atoms with Crippen molar-refractivity contribution in [3.05, 3.63) is 0 Å². The molecule has 0 atom stereocenters. The first-order valence-corrected chi connectivity index (χ1v) is 6.35. The predicted molar refractivity (Wildman–Crippen MR) is 68.3 cm³/mol. The van der Waals surface area contributed by atoms with E-state index in [0.29, 0.717) is 0 Å². The molecule has 0 aromatic rings. The van der Waals surface area contributed by atoms with E-state index in [4.69, 9.17) is 0 Å². The third kappa shape index (κ3) is 2.82. The van der Waals surface area contributed by atoms with Crippen LogP contribution in [-0.2, 0) is 0 Å². The number of nitrogens with zero attached hydrogens (tertiary/aromatic N) is 4. The highest BCUT2D eigenvalue weighted by Gasteiger charge is 2.19. The average Bonchev–Trinajstić information content (AvgIpc) is 2.54. The van der Waals surface area contributed by atoms with E-state index >= 15 is 0 Å². The summed E-state index contributed by atoms with van der Waals surface area (Å²) in [5, 5.41) is 0. The summed E-state index contributed by atoms with van der Waals surface area (Å²) in [6.45, 7) is 10.9. The standard InChI is InChI=1S/C12H22N4/c1-3-15-7-9-16(10-8-15)12-13-6-4-5-11(2)14-12/h3-10H2,1-2H3. The molecule has 2 heterocycles. The van der Waals surface area contributed by atoms with Crippen molar-refractivity contribution < 1.29 is 0 Å². The second kappa shape index (κ2) is 5.43. The van der Waals surface area contributed by atoms with Crippen molar-refractivity contribution in [2.75, 3.05) is 39.3 Å². The van der Waals surface area contributed by atoms with Crippen molar-refractivity contribution in [1.29, 1.82) is 0 Å². The Labute approximate surface area is 98.1 Å². The number of piperazine rings is 1. The third-order valence-electron chi connectivity index (χ3n) is 3.34. The van der Waals surface area contributed by atoms with Gasteiger partial charge in [-0.05, 0) is 26.3 Å². The van der Waals surface area contributed by atoms with Gasteiger partial charge < -0.3 is 9.80 Å². The van der Waals surface area contributed by atoms with Gasteiger partial charge in [0.2, 0.25) is 5.96 Å². The van der Waals surface area contributed by atoms with Gasteiger partial charge in [-0.3, -0.25) is 4.99 Å². The maximum atomic E-state index is 4.62. The van der Waals surface area contributed by atoms with E-state index < -0.39 is 0 Å². The van der Waals surface area contributed by atoms with Crippen LogP contribution in [0.4, 0.5) is 0 Å². The third-order valence-corrected chi connectivity index (χ3v) is 3.34. The molecule has 0 bridgehead atoms. The first-order chi connectivity index (χ1) is 7.79. The van der Waals surface area contributed by atoms with Crippen LogP contribution in [0.15, 0.2) is 9.98 Å². The average molecular weight is 222 g/mol. The molecule has 90 valence electrons. The van der Waals surface area contributed by atoms with Gasteiger partial charge in [-0.15, -0.1) is 0 Å². The molecule has 16 heavy (non-hydrogen) atoms. The Morgan fingerprint density at radius 2 is 1.94 bits per heavy atom. The van der Waals surface area contributed by atoms with E-state index in [1.54, 1.807) is 0 Å². The highest BCUT2D eigenvalue weighted by atomic mass is 15.3. The summed E-state index contributed by atoms with van der Waals surface area (Å²) in [6, 6.07) is 0. The maximum absolute atomic E-state index is 4.62. The topological polar surface area (TPSA) is 31.2 Å². The number of likely N-dealkylation sites (N-methyl/N-ethyl adjacent to an activating group) is 1. The Kier molecular flexibility index (Phi) is 3.93. The van der Waals surface area contributed by atoms with Gasteiger partial charge in [-0.2, -0.15) is 0 Å². The summed E-state index contributed by atoms with van der Waals surface area (Å²) in [5.41, 5.74) is 1.23. The molecular weight excluding hydrogens is 200 g/mol. The number of hydrogen-bond donors (Lipinski definition) is 0. The molecule has 2 aliphatic rings. The first kappa shape index (κ1) is 11.6. The Hall–Kier alpha value is -0.900. The lowest BCUT2D eigenvalue weighted by molar-refractivity contribution is 0.189. The fraction of sp³-hybridized carbons (Fsp3) is 0.833. The van der Waals surface area contributed by atoms with Gasteiger partial charge in [-0.25, -0.2) is 4.99 Å². The first-order valence-electron chi connectivity index (χ1n) is 6.35. The Morgan fingerprint density at radius 3 is 2.62 bits per heavy atom. The van der Waals surface area contributed by atoms with Crippen LogP contribution in [0.5, 0.6) is 0 Å². The van der Waals surface area contributed by atoms with Crippen LogP contribution in [0, 0.1) is 0 Å². The maximum Gasteiger partial charge on any atom is 0.220 e. The summed E-state index contributed by atoms with van der Waals surface area (Å²) in [5.74, 6) is 0.978. The zero-order chi connectivity index (χ0) is 11.4. The number of guanidine groups is 1. The second-order valence-corrected chi connectivity index (χ2v) is 4.55. The monoisotopic (exact) mass is 222 g/mol. The second-order valence-electron chi connectivity index (χ2n) is 4.55. The fourth-order valence-electron chi connectivity index (χ4n) is 2.21. The van der Waals surface area contributed by atoms with E-state index in [-0.39, 0.29) is 0 Å². The van der Waals surface area contributed by atoms with Crippen LogP contribution in [-0.4, -0.2) is 60.7 Å². The van der Waals surface area contributed by atoms with Crippen LogP contribution < -0.4 is 0 Å². The SMILES string of the molecule is CCN1CCN(C2=NCCCC(C)=N2)CC1. The lowest BCUT2D eigenvalue weighted by Gasteiger charge is -2.34. The Bertz CT molecular complexity index is 287. The largest absolute Gasteiger partial charge is 0.339 e. The molecular formula is C12H22N4. The van der Waals surface area contributed by atoms with E-state index in [1.807, 2.05) is 0 Å². The van der Waals surface area contributed by atoms with Gasteiger partial charge in [0.15, 0.2) is 0 Å². The summed E-state index contributed by atoms with van der Waals surface area (Å²) in [4.78, 5) is 14.0. The minimum Gasteiger partial charge on any atom is -0.339 e. The molecule has 1 fully saturated rings. The molecule has 0 unspecified atom stereocenters. The molecule has 0 aromatic carbocycles. The van der Waals surface area contributed by atoms with Gasteiger partial charge in [0.1, 0.15) is 0 Å². The number of aliphatic imine (C=N–C) groups is 2. The van der Waals surface area contributed by atoms with Crippen molar-refractivity contribution in [3.8, 4) is 0 Å². The van der Waals surface area contributed by atoms with Gasteiger partial charge >= 0.3 is 0 Å².